The zero-order chi connectivity index (χ0) is 13.8. The molecule has 2 atom stereocenters. The van der Waals surface area contributed by atoms with Crippen molar-refractivity contribution in [2.75, 3.05) is 6.61 Å². The van der Waals surface area contributed by atoms with E-state index in [2.05, 4.69) is 5.32 Å². The second-order valence-electron chi connectivity index (χ2n) is 5.39. The Morgan fingerprint density at radius 1 is 1.50 bits per heavy atom. The summed E-state index contributed by atoms with van der Waals surface area (Å²) in [5.41, 5.74) is -0.708. The molecule has 1 amide bonds. The molecular formula is C13H23NO4. The number of hydrogen-bond acceptors (Lipinski definition) is 3. The van der Waals surface area contributed by atoms with Gasteiger partial charge in [0.2, 0.25) is 5.91 Å². The van der Waals surface area contributed by atoms with Crippen LogP contribution in [0.25, 0.3) is 0 Å². The molecule has 5 heteroatoms. The number of carbonyl (C=O) groups excluding carboxylic acids is 1. The fourth-order valence-electron chi connectivity index (χ4n) is 1.63. The van der Waals surface area contributed by atoms with Crippen LogP contribution in [0.2, 0.25) is 0 Å². The van der Waals surface area contributed by atoms with Crippen LogP contribution in [0.4, 0.5) is 0 Å². The number of nitrogens with one attached hydrogen (secondary N) is 1. The summed E-state index contributed by atoms with van der Waals surface area (Å²) in [5.74, 6) is -0.538. The van der Waals surface area contributed by atoms with Crippen molar-refractivity contribution in [3.05, 3.63) is 0 Å². The quantitative estimate of drug-likeness (QED) is 0.692. The zero-order valence-corrected chi connectivity index (χ0v) is 11.4. The first-order valence-corrected chi connectivity index (χ1v) is 6.51. The van der Waals surface area contributed by atoms with Crippen LogP contribution in [-0.2, 0) is 14.3 Å². The molecular weight excluding hydrogens is 234 g/mol. The van der Waals surface area contributed by atoms with Crippen molar-refractivity contribution in [2.24, 2.45) is 5.92 Å². The molecule has 0 bridgehead atoms. The predicted molar refractivity (Wildman–Crippen MR) is 67.2 cm³/mol. The molecule has 104 valence electrons. The molecule has 1 aliphatic rings. The van der Waals surface area contributed by atoms with E-state index in [0.29, 0.717) is 18.9 Å². The first kappa shape index (κ1) is 15.0. The summed E-state index contributed by atoms with van der Waals surface area (Å²) in [4.78, 5) is 22.7. The van der Waals surface area contributed by atoms with E-state index in [9.17, 15) is 9.59 Å². The van der Waals surface area contributed by atoms with Crippen molar-refractivity contribution in [1.29, 1.82) is 0 Å². The molecule has 0 aromatic heterocycles. The van der Waals surface area contributed by atoms with Gasteiger partial charge in [0.15, 0.2) is 0 Å². The molecule has 0 spiro atoms. The molecule has 18 heavy (non-hydrogen) atoms. The number of aliphatic carboxylic acids is 1. The maximum atomic E-state index is 11.9. The summed E-state index contributed by atoms with van der Waals surface area (Å²) in [6, 6.07) is 0. The van der Waals surface area contributed by atoms with Crippen LogP contribution < -0.4 is 5.32 Å². The Kier molecular flexibility index (Phi) is 5.14. The lowest BCUT2D eigenvalue weighted by Gasteiger charge is -2.29. The molecule has 0 heterocycles. The van der Waals surface area contributed by atoms with E-state index in [-0.39, 0.29) is 12.3 Å². The summed E-state index contributed by atoms with van der Waals surface area (Å²) in [6.45, 7) is 5.93. The lowest BCUT2D eigenvalue weighted by Crippen LogP contribution is -2.50. The first-order chi connectivity index (χ1) is 8.36. The predicted octanol–water partition coefficient (Wildman–Crippen LogP) is 1.56. The smallest absolute Gasteiger partial charge is 0.305 e. The molecule has 2 N–H and O–H groups in total. The van der Waals surface area contributed by atoms with Crippen molar-refractivity contribution in [3.63, 3.8) is 0 Å². The second kappa shape index (κ2) is 6.18. The SMILES string of the molecule is CC[C@](C)(CC(=O)O)NC(=O)[C@H](C)OCC1CC1. The Morgan fingerprint density at radius 2 is 2.11 bits per heavy atom. The minimum Gasteiger partial charge on any atom is -0.481 e. The standard InChI is InChI=1S/C13H23NO4/c1-4-13(3,7-11(15)16)14-12(17)9(2)18-8-10-5-6-10/h9-10H,4-8H2,1-3H3,(H,14,17)(H,15,16)/t9-,13+/m0/s1. The average Bonchev–Trinajstić information content (AvgIpc) is 3.08. The van der Waals surface area contributed by atoms with Crippen molar-refractivity contribution in [1.82, 2.24) is 5.32 Å². The van der Waals surface area contributed by atoms with Gasteiger partial charge in [-0.05, 0) is 39.0 Å². The highest BCUT2D eigenvalue weighted by Crippen LogP contribution is 2.29. The van der Waals surface area contributed by atoms with Crippen LogP contribution in [0.15, 0.2) is 0 Å². The summed E-state index contributed by atoms with van der Waals surface area (Å²) in [5, 5.41) is 11.6. The first-order valence-electron chi connectivity index (χ1n) is 6.51. The van der Waals surface area contributed by atoms with E-state index in [4.69, 9.17) is 9.84 Å². The average molecular weight is 257 g/mol. The van der Waals surface area contributed by atoms with Gasteiger partial charge in [-0.15, -0.1) is 0 Å². The molecule has 0 aliphatic heterocycles. The van der Waals surface area contributed by atoms with Crippen molar-refractivity contribution in [2.45, 2.75) is 58.1 Å². The van der Waals surface area contributed by atoms with Gasteiger partial charge in [-0.2, -0.15) is 0 Å². The third-order valence-electron chi connectivity index (χ3n) is 3.39. The van der Waals surface area contributed by atoms with Crippen LogP contribution in [-0.4, -0.2) is 35.2 Å². The summed E-state index contributed by atoms with van der Waals surface area (Å²) < 4.78 is 5.46. The van der Waals surface area contributed by atoms with Crippen LogP contribution in [0.5, 0.6) is 0 Å². The highest BCUT2D eigenvalue weighted by Gasteiger charge is 2.30. The Balaban J connectivity index is 2.41. The van der Waals surface area contributed by atoms with Gasteiger partial charge < -0.3 is 15.2 Å². The van der Waals surface area contributed by atoms with Gasteiger partial charge in [-0.1, -0.05) is 6.92 Å². The Labute approximate surface area is 108 Å². The number of rotatable bonds is 8. The van der Waals surface area contributed by atoms with E-state index in [1.807, 2.05) is 6.92 Å². The number of carboxylic acid groups (broad SMARTS) is 1. The van der Waals surface area contributed by atoms with E-state index < -0.39 is 17.6 Å². The third-order valence-corrected chi connectivity index (χ3v) is 3.39. The maximum Gasteiger partial charge on any atom is 0.305 e. The molecule has 1 saturated carbocycles. The lowest BCUT2D eigenvalue weighted by atomic mass is 9.94. The van der Waals surface area contributed by atoms with E-state index in [1.165, 1.54) is 12.8 Å². The van der Waals surface area contributed by atoms with Crippen molar-refractivity contribution < 1.29 is 19.4 Å². The fraction of sp³-hybridized carbons (Fsp3) is 0.846. The zero-order valence-electron chi connectivity index (χ0n) is 11.4. The number of amides is 1. The second-order valence-corrected chi connectivity index (χ2v) is 5.39. The molecule has 0 aromatic carbocycles. The Morgan fingerprint density at radius 3 is 2.56 bits per heavy atom. The number of hydrogen-bond donors (Lipinski definition) is 2. The van der Waals surface area contributed by atoms with Gasteiger partial charge in [-0.3, -0.25) is 9.59 Å². The third kappa shape index (κ3) is 5.04. The molecule has 0 saturated heterocycles. The highest BCUT2D eigenvalue weighted by molar-refractivity contribution is 5.82. The number of carboxylic acids is 1. The highest BCUT2D eigenvalue weighted by atomic mass is 16.5. The molecule has 1 fully saturated rings. The molecule has 1 rings (SSSR count). The van der Waals surface area contributed by atoms with E-state index >= 15 is 0 Å². The minimum absolute atomic E-state index is 0.0788. The Bertz CT molecular complexity index is 314. The lowest BCUT2D eigenvalue weighted by molar-refractivity contribution is -0.140. The molecule has 1 aliphatic carbocycles. The molecule has 0 aromatic rings. The fourth-order valence-corrected chi connectivity index (χ4v) is 1.63. The van der Waals surface area contributed by atoms with Gasteiger partial charge in [0.05, 0.1) is 13.0 Å². The van der Waals surface area contributed by atoms with E-state index in [1.54, 1.807) is 13.8 Å². The van der Waals surface area contributed by atoms with Crippen molar-refractivity contribution >= 4 is 11.9 Å². The van der Waals surface area contributed by atoms with Gasteiger partial charge in [0.1, 0.15) is 6.10 Å². The molecule has 5 nitrogen and oxygen atoms in total. The van der Waals surface area contributed by atoms with Crippen molar-refractivity contribution in [3.8, 4) is 0 Å². The van der Waals surface area contributed by atoms with Gasteiger partial charge in [-0.25, -0.2) is 0 Å². The molecule has 0 unspecified atom stereocenters. The van der Waals surface area contributed by atoms with Gasteiger partial charge in [0.25, 0.3) is 0 Å². The van der Waals surface area contributed by atoms with Crippen LogP contribution >= 0.6 is 0 Å². The number of carbonyl (C=O) groups is 2. The monoisotopic (exact) mass is 257 g/mol. The summed E-state index contributed by atoms with van der Waals surface area (Å²) in [7, 11) is 0. The van der Waals surface area contributed by atoms with E-state index in [0.717, 1.165) is 0 Å². The summed E-state index contributed by atoms with van der Waals surface area (Å²) in [6.07, 6.45) is 2.33. The Hall–Kier alpha value is -1.10. The van der Waals surface area contributed by atoms with Gasteiger partial charge in [0, 0.05) is 5.54 Å². The number of ether oxygens (including phenoxy) is 1. The molecule has 0 radical (unpaired) electrons. The van der Waals surface area contributed by atoms with Crippen LogP contribution in [0.3, 0.4) is 0 Å². The largest absolute Gasteiger partial charge is 0.481 e. The maximum absolute atomic E-state index is 11.9. The van der Waals surface area contributed by atoms with Crippen LogP contribution in [0.1, 0.15) is 46.5 Å². The van der Waals surface area contributed by atoms with Crippen LogP contribution in [0, 0.1) is 5.92 Å². The topological polar surface area (TPSA) is 75.6 Å². The minimum atomic E-state index is -0.911. The summed E-state index contributed by atoms with van der Waals surface area (Å²) >= 11 is 0. The van der Waals surface area contributed by atoms with Gasteiger partial charge >= 0.3 is 5.97 Å². The normalized spacial score (nSPS) is 19.9.